The van der Waals surface area contributed by atoms with Crippen LogP contribution in [0.1, 0.15) is 10.4 Å². The van der Waals surface area contributed by atoms with Crippen molar-refractivity contribution in [1.82, 2.24) is 10.3 Å². The van der Waals surface area contributed by atoms with Crippen LogP contribution in [0.2, 0.25) is 0 Å². The molecule has 0 atom stereocenters. The van der Waals surface area contributed by atoms with Gasteiger partial charge in [-0.3, -0.25) is 14.1 Å². The van der Waals surface area contributed by atoms with E-state index in [9.17, 15) is 22.0 Å². The second-order valence-corrected chi connectivity index (χ2v) is 6.81. The van der Waals surface area contributed by atoms with Gasteiger partial charge in [0.15, 0.2) is 11.6 Å². The summed E-state index contributed by atoms with van der Waals surface area (Å²) in [5.41, 5.74) is -0.379. The second-order valence-electron chi connectivity index (χ2n) is 4.90. The van der Waals surface area contributed by atoms with Crippen molar-refractivity contribution in [3.63, 3.8) is 0 Å². The summed E-state index contributed by atoms with van der Waals surface area (Å²) in [5, 5.41) is 2.48. The summed E-state index contributed by atoms with van der Waals surface area (Å²) < 4.78 is 52.0. The summed E-state index contributed by atoms with van der Waals surface area (Å²) in [4.78, 5) is 15.7. The lowest BCUT2D eigenvalue weighted by Crippen LogP contribution is -2.39. The van der Waals surface area contributed by atoms with Crippen molar-refractivity contribution in [3.8, 4) is 0 Å². The van der Waals surface area contributed by atoms with Crippen LogP contribution >= 0.6 is 0 Å². The van der Waals surface area contributed by atoms with Crippen molar-refractivity contribution in [2.24, 2.45) is 0 Å². The summed E-state index contributed by atoms with van der Waals surface area (Å²) in [6.07, 6.45) is 3.69. The minimum Gasteiger partial charge on any atom is -0.350 e. The molecule has 0 saturated heterocycles. The molecular weight excluding hydrogens is 340 g/mol. The molecule has 1 heterocycles. The van der Waals surface area contributed by atoms with Gasteiger partial charge in [-0.15, -0.1) is 0 Å². The first kappa shape index (κ1) is 17.8. The monoisotopic (exact) mass is 355 g/mol. The number of hydrogen-bond acceptors (Lipinski definition) is 4. The van der Waals surface area contributed by atoms with Crippen LogP contribution in [0.5, 0.6) is 0 Å². The highest BCUT2D eigenvalue weighted by Gasteiger charge is 2.24. The molecule has 2 aromatic rings. The van der Waals surface area contributed by atoms with Gasteiger partial charge >= 0.3 is 0 Å². The van der Waals surface area contributed by atoms with Crippen LogP contribution in [0.25, 0.3) is 0 Å². The van der Waals surface area contributed by atoms with Gasteiger partial charge in [-0.25, -0.2) is 17.2 Å². The van der Waals surface area contributed by atoms with Crippen LogP contribution in [0.3, 0.4) is 0 Å². The number of rotatable bonds is 6. The Labute approximate surface area is 138 Å². The highest BCUT2D eigenvalue weighted by atomic mass is 32.2. The largest absolute Gasteiger partial charge is 0.350 e. The Balaban J connectivity index is 2.13. The van der Waals surface area contributed by atoms with Gasteiger partial charge in [0.1, 0.15) is 5.69 Å². The van der Waals surface area contributed by atoms with E-state index >= 15 is 0 Å². The fourth-order valence-corrected chi connectivity index (χ4v) is 2.97. The van der Waals surface area contributed by atoms with Gasteiger partial charge in [0, 0.05) is 18.9 Å². The van der Waals surface area contributed by atoms with Gasteiger partial charge < -0.3 is 5.32 Å². The first-order chi connectivity index (χ1) is 11.3. The average Bonchev–Trinajstić information content (AvgIpc) is 2.52. The Kier molecular flexibility index (Phi) is 5.45. The molecule has 0 radical (unpaired) electrons. The molecule has 2 rings (SSSR count). The predicted octanol–water partition coefficient (Wildman–Crippen LogP) is 1.56. The molecule has 128 valence electrons. The highest BCUT2D eigenvalue weighted by molar-refractivity contribution is 7.92. The van der Waals surface area contributed by atoms with E-state index in [4.69, 9.17) is 0 Å². The zero-order chi connectivity index (χ0) is 17.7. The minimum atomic E-state index is -3.94. The first-order valence-electron chi connectivity index (χ1n) is 6.90. The Hall–Kier alpha value is -2.55. The van der Waals surface area contributed by atoms with Crippen molar-refractivity contribution in [1.29, 1.82) is 0 Å². The van der Waals surface area contributed by atoms with E-state index in [1.54, 1.807) is 6.07 Å². The number of carbonyl (C=O) groups excluding carboxylic acids is 1. The number of nitrogens with zero attached hydrogens (tertiary/aromatic N) is 2. The van der Waals surface area contributed by atoms with Crippen molar-refractivity contribution in [2.75, 3.05) is 23.7 Å². The molecule has 0 saturated carbocycles. The van der Waals surface area contributed by atoms with Gasteiger partial charge in [-0.1, -0.05) is 6.07 Å². The summed E-state index contributed by atoms with van der Waals surface area (Å²) in [7, 11) is -3.94. The number of anilines is 1. The molecule has 0 spiro atoms. The Morgan fingerprint density at radius 3 is 2.42 bits per heavy atom. The molecule has 1 aromatic heterocycles. The number of nitrogens with one attached hydrogen (secondary N) is 1. The number of para-hydroxylation sites is 1. The van der Waals surface area contributed by atoms with Crippen LogP contribution in [0.4, 0.5) is 14.5 Å². The molecule has 1 aromatic carbocycles. The van der Waals surface area contributed by atoms with E-state index in [0.29, 0.717) is 9.87 Å². The van der Waals surface area contributed by atoms with Gasteiger partial charge in [0.25, 0.3) is 5.91 Å². The van der Waals surface area contributed by atoms with Gasteiger partial charge in [-0.2, -0.15) is 0 Å². The van der Waals surface area contributed by atoms with E-state index in [1.165, 1.54) is 18.5 Å². The van der Waals surface area contributed by atoms with Crippen LogP contribution in [0, 0.1) is 11.6 Å². The Bertz CT molecular complexity index is 809. The van der Waals surface area contributed by atoms with Crippen LogP contribution < -0.4 is 9.62 Å². The maximum atomic E-state index is 13.8. The fraction of sp³-hybridized carbons (Fsp3) is 0.200. The number of benzene rings is 1. The maximum Gasteiger partial charge on any atom is 0.252 e. The summed E-state index contributed by atoms with van der Waals surface area (Å²) in [6.45, 7) is -0.447. The number of aromatic nitrogens is 1. The number of hydrogen-bond donors (Lipinski definition) is 1. The Morgan fingerprint density at radius 1 is 1.21 bits per heavy atom. The summed E-state index contributed by atoms with van der Waals surface area (Å²) in [5.74, 6) is -2.47. The second kappa shape index (κ2) is 7.35. The molecule has 24 heavy (non-hydrogen) atoms. The lowest BCUT2D eigenvalue weighted by atomic mass is 10.2. The van der Waals surface area contributed by atoms with E-state index < -0.39 is 33.3 Å². The fourth-order valence-electron chi connectivity index (χ4n) is 2.04. The number of amides is 1. The number of sulfonamides is 1. The molecule has 0 aliphatic carbocycles. The first-order valence-corrected chi connectivity index (χ1v) is 8.75. The van der Waals surface area contributed by atoms with E-state index in [2.05, 4.69) is 10.3 Å². The zero-order valence-electron chi connectivity index (χ0n) is 12.7. The molecule has 0 aliphatic heterocycles. The number of halogens is 2. The predicted molar refractivity (Wildman–Crippen MR) is 85.1 cm³/mol. The molecular formula is C15H15F2N3O3S. The highest BCUT2D eigenvalue weighted by Crippen LogP contribution is 2.24. The van der Waals surface area contributed by atoms with Crippen LogP contribution in [-0.2, 0) is 10.0 Å². The van der Waals surface area contributed by atoms with Crippen LogP contribution in [0.15, 0.2) is 42.7 Å². The molecule has 0 aliphatic rings. The molecule has 6 nitrogen and oxygen atoms in total. The lowest BCUT2D eigenvalue weighted by molar-refractivity contribution is 0.0954. The SMILES string of the molecule is CS(=O)(=O)N(CCNC(=O)c1cccnc1)c1c(F)cccc1F. The minimum absolute atomic E-state index is 0.130. The van der Waals surface area contributed by atoms with Gasteiger partial charge in [0.05, 0.1) is 18.4 Å². The van der Waals surface area contributed by atoms with Gasteiger partial charge in [0.2, 0.25) is 10.0 Å². The molecule has 9 heteroatoms. The standard InChI is InChI=1S/C15H15F2N3O3S/c1-24(22,23)20(14-12(16)5-2-6-13(14)17)9-8-19-15(21)11-4-3-7-18-10-11/h2-7,10H,8-9H2,1H3,(H,19,21). The lowest BCUT2D eigenvalue weighted by Gasteiger charge is -2.23. The molecule has 0 fully saturated rings. The maximum absolute atomic E-state index is 13.8. The summed E-state index contributed by atoms with van der Waals surface area (Å²) in [6, 6.07) is 6.17. The van der Waals surface area contributed by atoms with E-state index in [1.807, 2.05) is 0 Å². The third-order valence-electron chi connectivity index (χ3n) is 3.11. The zero-order valence-corrected chi connectivity index (χ0v) is 13.6. The van der Waals surface area contributed by atoms with E-state index in [0.717, 1.165) is 24.5 Å². The molecule has 0 unspecified atom stereocenters. The Morgan fingerprint density at radius 2 is 1.88 bits per heavy atom. The average molecular weight is 355 g/mol. The third kappa shape index (κ3) is 4.25. The quantitative estimate of drug-likeness (QED) is 0.853. The number of carbonyl (C=O) groups is 1. The normalized spacial score (nSPS) is 11.1. The number of pyridine rings is 1. The smallest absolute Gasteiger partial charge is 0.252 e. The molecule has 0 bridgehead atoms. The van der Waals surface area contributed by atoms with Crippen molar-refractivity contribution in [3.05, 3.63) is 59.9 Å². The van der Waals surface area contributed by atoms with Crippen molar-refractivity contribution < 1.29 is 22.0 Å². The van der Waals surface area contributed by atoms with E-state index in [-0.39, 0.29) is 13.1 Å². The van der Waals surface area contributed by atoms with Gasteiger partial charge in [-0.05, 0) is 24.3 Å². The van der Waals surface area contributed by atoms with Crippen LogP contribution in [-0.4, -0.2) is 38.7 Å². The summed E-state index contributed by atoms with van der Waals surface area (Å²) >= 11 is 0. The molecule has 1 N–H and O–H groups in total. The topological polar surface area (TPSA) is 79.4 Å². The van der Waals surface area contributed by atoms with Crippen molar-refractivity contribution >= 4 is 21.6 Å². The van der Waals surface area contributed by atoms with Crippen molar-refractivity contribution in [2.45, 2.75) is 0 Å². The molecule has 1 amide bonds. The third-order valence-corrected chi connectivity index (χ3v) is 4.28.